The van der Waals surface area contributed by atoms with Crippen LogP contribution in [-0.2, 0) is 10.5 Å². The van der Waals surface area contributed by atoms with Crippen molar-refractivity contribution < 1.29 is 9.90 Å². The molecule has 0 heterocycles. The summed E-state index contributed by atoms with van der Waals surface area (Å²) in [7, 11) is 0. The molecule has 1 N–H and O–H groups in total. The Morgan fingerprint density at radius 1 is 1.39 bits per heavy atom. The summed E-state index contributed by atoms with van der Waals surface area (Å²) in [6.45, 7) is 4.49. The highest BCUT2D eigenvalue weighted by molar-refractivity contribution is 7.98. The number of thioether (sulfide) groups is 1. The summed E-state index contributed by atoms with van der Waals surface area (Å²) in [5.41, 5.74) is 2.21. The van der Waals surface area contributed by atoms with E-state index in [-0.39, 0.29) is 0 Å². The summed E-state index contributed by atoms with van der Waals surface area (Å²) in [6.07, 6.45) is 4.00. The van der Waals surface area contributed by atoms with Crippen LogP contribution >= 0.6 is 11.8 Å². The van der Waals surface area contributed by atoms with Gasteiger partial charge in [-0.25, -0.2) is 4.79 Å². The second-order valence-electron chi connectivity index (χ2n) is 4.44. The second-order valence-corrected chi connectivity index (χ2v) is 5.47. The maximum atomic E-state index is 10.4. The number of aliphatic carboxylic acids is 1. The molecule has 1 aromatic carbocycles. The van der Waals surface area contributed by atoms with E-state index in [4.69, 9.17) is 5.11 Å². The van der Waals surface area contributed by atoms with Crippen LogP contribution in [0.4, 0.5) is 0 Å². The van der Waals surface area contributed by atoms with Crippen LogP contribution < -0.4 is 0 Å². The van der Waals surface area contributed by atoms with Gasteiger partial charge in [-0.05, 0) is 28.9 Å². The van der Waals surface area contributed by atoms with Crippen molar-refractivity contribution in [2.45, 2.75) is 26.0 Å². The molecule has 0 bridgehead atoms. The van der Waals surface area contributed by atoms with E-state index in [1.165, 1.54) is 17.7 Å². The molecule has 0 aliphatic heterocycles. The van der Waals surface area contributed by atoms with Crippen molar-refractivity contribution in [2.75, 3.05) is 5.75 Å². The fraction of sp³-hybridized carbons (Fsp3) is 0.400. The van der Waals surface area contributed by atoms with Gasteiger partial charge in [0.25, 0.3) is 0 Å². The lowest BCUT2D eigenvalue weighted by Gasteiger charge is -2.07. The van der Waals surface area contributed by atoms with Gasteiger partial charge in [-0.3, -0.25) is 0 Å². The Balaban J connectivity index is 2.43. The molecule has 98 valence electrons. The molecule has 3 heteroatoms. The number of carbonyl (C=O) groups is 1. The van der Waals surface area contributed by atoms with Gasteiger partial charge in [-0.2, -0.15) is 11.8 Å². The lowest BCUT2D eigenvalue weighted by atomic mass is 10.1. The zero-order valence-corrected chi connectivity index (χ0v) is 11.7. The SMILES string of the molecule is CCC(C)CSCc1ccc(/C=C/C(=O)O)cc1. The van der Waals surface area contributed by atoms with Crippen LogP contribution in [0.3, 0.4) is 0 Å². The largest absolute Gasteiger partial charge is 0.478 e. The number of carboxylic acid groups (broad SMARTS) is 1. The van der Waals surface area contributed by atoms with Gasteiger partial charge in [-0.1, -0.05) is 44.5 Å². The van der Waals surface area contributed by atoms with Gasteiger partial charge in [-0.15, -0.1) is 0 Å². The van der Waals surface area contributed by atoms with E-state index in [9.17, 15) is 4.79 Å². The third-order valence-electron chi connectivity index (χ3n) is 2.77. The topological polar surface area (TPSA) is 37.3 Å². The highest BCUT2D eigenvalue weighted by Gasteiger charge is 1.99. The normalized spacial score (nSPS) is 12.8. The van der Waals surface area contributed by atoms with Crippen molar-refractivity contribution in [3.05, 3.63) is 41.5 Å². The van der Waals surface area contributed by atoms with E-state index >= 15 is 0 Å². The van der Waals surface area contributed by atoms with Crippen molar-refractivity contribution in [3.63, 3.8) is 0 Å². The standard InChI is InChI=1S/C15H20O2S/c1-3-12(2)10-18-11-14-6-4-13(5-7-14)8-9-15(16)17/h4-9,12H,3,10-11H2,1-2H3,(H,16,17)/b9-8+. The first-order chi connectivity index (χ1) is 8.61. The van der Waals surface area contributed by atoms with Crippen LogP contribution in [-0.4, -0.2) is 16.8 Å². The molecule has 1 atom stereocenters. The Kier molecular flexibility index (Phi) is 6.58. The molecule has 2 nitrogen and oxygen atoms in total. The predicted molar refractivity (Wildman–Crippen MR) is 78.7 cm³/mol. The Hall–Kier alpha value is -1.22. The summed E-state index contributed by atoms with van der Waals surface area (Å²) < 4.78 is 0. The van der Waals surface area contributed by atoms with Crippen molar-refractivity contribution >= 4 is 23.8 Å². The Bertz CT molecular complexity index is 395. The minimum absolute atomic E-state index is 0.771. The van der Waals surface area contributed by atoms with Crippen molar-refractivity contribution in [2.24, 2.45) is 5.92 Å². The van der Waals surface area contributed by atoms with Crippen LogP contribution in [0.15, 0.2) is 30.3 Å². The van der Waals surface area contributed by atoms with Crippen molar-refractivity contribution in [1.29, 1.82) is 0 Å². The van der Waals surface area contributed by atoms with Gasteiger partial charge >= 0.3 is 5.97 Å². The summed E-state index contributed by atoms with van der Waals surface area (Å²) >= 11 is 1.95. The number of rotatable bonds is 7. The molecule has 0 spiro atoms. The molecular weight excluding hydrogens is 244 g/mol. The first kappa shape index (κ1) is 14.8. The molecule has 0 radical (unpaired) electrons. The van der Waals surface area contributed by atoms with E-state index in [0.717, 1.165) is 23.3 Å². The molecular formula is C15H20O2S. The van der Waals surface area contributed by atoms with Gasteiger partial charge in [0.1, 0.15) is 0 Å². The molecule has 0 aliphatic carbocycles. The zero-order valence-electron chi connectivity index (χ0n) is 10.9. The van der Waals surface area contributed by atoms with E-state index in [2.05, 4.69) is 26.0 Å². The minimum atomic E-state index is -0.914. The second kappa shape index (κ2) is 7.98. The number of hydrogen-bond acceptors (Lipinski definition) is 2. The van der Waals surface area contributed by atoms with E-state index in [0.29, 0.717) is 0 Å². The van der Waals surface area contributed by atoms with Gasteiger partial charge < -0.3 is 5.11 Å². The molecule has 18 heavy (non-hydrogen) atoms. The maximum absolute atomic E-state index is 10.4. The van der Waals surface area contributed by atoms with E-state index < -0.39 is 5.97 Å². The summed E-state index contributed by atoms with van der Waals surface area (Å²) in [5.74, 6) is 2.07. The molecule has 0 aromatic heterocycles. The Labute approximate surface area is 113 Å². The van der Waals surface area contributed by atoms with Crippen LogP contribution in [0.25, 0.3) is 6.08 Å². The van der Waals surface area contributed by atoms with Crippen LogP contribution in [0.2, 0.25) is 0 Å². The maximum Gasteiger partial charge on any atom is 0.328 e. The first-order valence-corrected chi connectivity index (χ1v) is 7.35. The fourth-order valence-corrected chi connectivity index (χ4v) is 2.57. The van der Waals surface area contributed by atoms with Gasteiger partial charge in [0.2, 0.25) is 0 Å². The number of hydrogen-bond donors (Lipinski definition) is 1. The van der Waals surface area contributed by atoms with Crippen molar-refractivity contribution in [3.8, 4) is 0 Å². The highest BCUT2D eigenvalue weighted by atomic mass is 32.2. The smallest absolute Gasteiger partial charge is 0.328 e. The quantitative estimate of drug-likeness (QED) is 0.754. The van der Waals surface area contributed by atoms with E-state index in [1.54, 1.807) is 6.08 Å². The highest BCUT2D eigenvalue weighted by Crippen LogP contribution is 2.17. The number of benzene rings is 1. The average Bonchev–Trinajstić information content (AvgIpc) is 2.37. The molecule has 0 saturated carbocycles. The Morgan fingerprint density at radius 3 is 2.61 bits per heavy atom. The lowest BCUT2D eigenvalue weighted by Crippen LogP contribution is -1.95. The molecule has 1 rings (SSSR count). The summed E-state index contributed by atoms with van der Waals surface area (Å²) in [6, 6.07) is 8.04. The molecule has 0 aliphatic rings. The molecule has 1 aromatic rings. The van der Waals surface area contributed by atoms with Crippen LogP contribution in [0.1, 0.15) is 31.4 Å². The van der Waals surface area contributed by atoms with Crippen molar-refractivity contribution in [1.82, 2.24) is 0 Å². The summed E-state index contributed by atoms with van der Waals surface area (Å²) in [4.78, 5) is 10.4. The predicted octanol–water partition coefficient (Wildman–Crippen LogP) is 4.06. The molecule has 0 amide bonds. The number of carboxylic acids is 1. The third kappa shape index (κ3) is 5.92. The fourth-order valence-electron chi connectivity index (χ4n) is 1.39. The molecule has 0 saturated heterocycles. The lowest BCUT2D eigenvalue weighted by molar-refractivity contribution is -0.131. The minimum Gasteiger partial charge on any atom is -0.478 e. The monoisotopic (exact) mass is 264 g/mol. The first-order valence-electron chi connectivity index (χ1n) is 6.19. The van der Waals surface area contributed by atoms with Crippen LogP contribution in [0, 0.1) is 5.92 Å². The van der Waals surface area contributed by atoms with Gasteiger partial charge in [0.15, 0.2) is 0 Å². The van der Waals surface area contributed by atoms with Gasteiger partial charge in [0.05, 0.1) is 0 Å². The van der Waals surface area contributed by atoms with Crippen LogP contribution in [0.5, 0.6) is 0 Å². The zero-order chi connectivity index (χ0) is 13.4. The molecule has 1 unspecified atom stereocenters. The third-order valence-corrected chi connectivity index (χ3v) is 4.11. The summed E-state index contributed by atoms with van der Waals surface area (Å²) in [5, 5.41) is 8.53. The average molecular weight is 264 g/mol. The van der Waals surface area contributed by atoms with E-state index in [1.807, 2.05) is 23.9 Å². The molecule has 0 fully saturated rings. The Morgan fingerprint density at radius 2 is 2.06 bits per heavy atom. The van der Waals surface area contributed by atoms with Gasteiger partial charge in [0, 0.05) is 11.8 Å².